The van der Waals surface area contributed by atoms with Crippen molar-refractivity contribution in [1.82, 2.24) is 4.98 Å². The van der Waals surface area contributed by atoms with E-state index in [2.05, 4.69) is 163 Å². The minimum atomic E-state index is 0.595. The Hall–Kier alpha value is -7.43. The molecule has 2 heterocycles. The van der Waals surface area contributed by atoms with Gasteiger partial charge < -0.3 is 13.7 Å². The molecule has 0 saturated carbocycles. The van der Waals surface area contributed by atoms with Crippen molar-refractivity contribution in [3.63, 3.8) is 0 Å². The fourth-order valence-corrected chi connectivity index (χ4v) is 8.05. The summed E-state index contributed by atoms with van der Waals surface area (Å²) in [5, 5.41) is 6.99. The van der Waals surface area contributed by atoms with Crippen LogP contribution in [0, 0.1) is 0 Å². The van der Waals surface area contributed by atoms with Gasteiger partial charge in [-0.1, -0.05) is 133 Å². The average Bonchev–Trinajstić information content (AvgIpc) is 3.85. The number of hydrogen-bond acceptors (Lipinski definition) is 4. The molecule has 0 unspecified atom stereocenters. The Morgan fingerprint density at radius 2 is 1.05 bits per heavy atom. The molecular weight excluding hydrogens is 673 g/mol. The maximum absolute atomic E-state index is 6.80. The summed E-state index contributed by atoms with van der Waals surface area (Å²) in [6.07, 6.45) is 0. The number of benzene rings is 9. The second-order valence-electron chi connectivity index (χ2n) is 13.9. The van der Waals surface area contributed by atoms with Gasteiger partial charge in [0.25, 0.3) is 0 Å². The van der Waals surface area contributed by atoms with Gasteiger partial charge in [0.1, 0.15) is 11.1 Å². The van der Waals surface area contributed by atoms with Crippen LogP contribution in [0.3, 0.4) is 0 Å². The van der Waals surface area contributed by atoms with Gasteiger partial charge in [-0.2, -0.15) is 0 Å². The maximum Gasteiger partial charge on any atom is 0.227 e. The number of rotatable bonds is 6. The number of oxazole rings is 1. The van der Waals surface area contributed by atoms with E-state index in [-0.39, 0.29) is 0 Å². The van der Waals surface area contributed by atoms with Gasteiger partial charge in [-0.05, 0) is 98.4 Å². The van der Waals surface area contributed by atoms with E-state index in [1.54, 1.807) is 0 Å². The summed E-state index contributed by atoms with van der Waals surface area (Å²) >= 11 is 0. The molecule has 0 spiro atoms. The Labute approximate surface area is 317 Å². The van der Waals surface area contributed by atoms with Crippen LogP contribution in [0.5, 0.6) is 0 Å². The third kappa shape index (κ3) is 5.26. The predicted octanol–water partition coefficient (Wildman–Crippen LogP) is 14.5. The zero-order chi connectivity index (χ0) is 36.3. The Balaban J connectivity index is 1.08. The summed E-state index contributed by atoms with van der Waals surface area (Å²) in [7, 11) is 0. The first-order valence-electron chi connectivity index (χ1n) is 18.5. The molecule has 0 aliphatic carbocycles. The second-order valence-corrected chi connectivity index (χ2v) is 13.9. The van der Waals surface area contributed by atoms with E-state index in [4.69, 9.17) is 13.8 Å². The summed E-state index contributed by atoms with van der Waals surface area (Å²) in [5.74, 6) is 0.595. The molecule has 55 heavy (non-hydrogen) atoms. The molecule has 0 aliphatic heterocycles. The molecule has 0 radical (unpaired) electrons. The highest BCUT2D eigenvalue weighted by Crippen LogP contribution is 2.45. The molecule has 9 aromatic carbocycles. The van der Waals surface area contributed by atoms with Crippen molar-refractivity contribution in [2.75, 3.05) is 4.90 Å². The molecule has 0 atom stereocenters. The van der Waals surface area contributed by atoms with Crippen LogP contribution in [0.2, 0.25) is 0 Å². The average molecular weight is 705 g/mol. The van der Waals surface area contributed by atoms with E-state index >= 15 is 0 Å². The molecule has 0 N–H and O–H groups in total. The number of nitrogens with zero attached hydrogens (tertiary/aromatic N) is 2. The Bertz CT molecular complexity index is 3200. The van der Waals surface area contributed by atoms with Gasteiger partial charge in [-0.25, -0.2) is 4.98 Å². The lowest BCUT2D eigenvalue weighted by atomic mass is 9.93. The lowest BCUT2D eigenvalue weighted by molar-refractivity contribution is 0.620. The van der Waals surface area contributed by atoms with Crippen LogP contribution in [0.4, 0.5) is 17.1 Å². The topological polar surface area (TPSA) is 42.4 Å². The van der Waals surface area contributed by atoms with Crippen molar-refractivity contribution in [3.05, 3.63) is 194 Å². The lowest BCUT2D eigenvalue weighted by Crippen LogP contribution is -2.10. The molecule has 11 aromatic rings. The van der Waals surface area contributed by atoms with Gasteiger partial charge in [-0.15, -0.1) is 0 Å². The predicted molar refractivity (Wildman–Crippen MR) is 227 cm³/mol. The molecular formula is C51H32N2O2. The van der Waals surface area contributed by atoms with E-state index in [1.807, 2.05) is 36.4 Å². The zero-order valence-corrected chi connectivity index (χ0v) is 29.7. The first kappa shape index (κ1) is 31.1. The third-order valence-electron chi connectivity index (χ3n) is 10.7. The van der Waals surface area contributed by atoms with E-state index in [0.717, 1.165) is 72.4 Å². The quantitative estimate of drug-likeness (QED) is 0.162. The number of fused-ring (bicyclic) bond motifs is 7. The van der Waals surface area contributed by atoms with Gasteiger partial charge in [0.2, 0.25) is 5.89 Å². The highest BCUT2D eigenvalue weighted by Gasteiger charge is 2.21. The van der Waals surface area contributed by atoms with E-state index in [1.165, 1.54) is 27.1 Å². The van der Waals surface area contributed by atoms with Crippen LogP contribution < -0.4 is 4.90 Å². The summed E-state index contributed by atoms with van der Waals surface area (Å²) in [6.45, 7) is 0. The molecule has 4 nitrogen and oxygen atoms in total. The number of furan rings is 1. The molecule has 11 rings (SSSR count). The summed E-state index contributed by atoms with van der Waals surface area (Å²) < 4.78 is 13.1. The SMILES string of the molecule is c1ccc(-c2cccc(N(c3ccc(-c4cc5ccccc5c5ccccc45)cc3)c3cccc4c3oc3cc5nc(-c6ccccc6)oc5cc34)c2)cc1. The van der Waals surface area contributed by atoms with Crippen LogP contribution in [-0.2, 0) is 0 Å². The number of anilines is 3. The van der Waals surface area contributed by atoms with Crippen LogP contribution >= 0.6 is 0 Å². The zero-order valence-electron chi connectivity index (χ0n) is 29.7. The normalized spacial score (nSPS) is 11.6. The van der Waals surface area contributed by atoms with Crippen molar-refractivity contribution in [2.45, 2.75) is 0 Å². The summed E-state index contributed by atoms with van der Waals surface area (Å²) in [6, 6.07) is 68.2. The maximum atomic E-state index is 6.80. The molecule has 2 aromatic heterocycles. The molecule has 0 amide bonds. The standard InChI is InChI=1S/C51H32N2O2/c1-3-13-33(14-4-1)36-18-11-19-39(29-36)53(38-27-25-34(26-28-38)44-30-37-17-7-8-20-40(37)41-21-9-10-22-42(41)44)47-24-12-23-43-45-31-49-46(32-48(45)54-50(43)47)52-51(55-49)35-15-5-2-6-16-35/h1-32H. The monoisotopic (exact) mass is 704 g/mol. The van der Waals surface area contributed by atoms with Crippen molar-refractivity contribution >= 4 is 71.6 Å². The van der Waals surface area contributed by atoms with Crippen molar-refractivity contribution < 1.29 is 8.83 Å². The van der Waals surface area contributed by atoms with Gasteiger partial charge >= 0.3 is 0 Å². The first-order valence-corrected chi connectivity index (χ1v) is 18.5. The molecule has 0 saturated heterocycles. The Morgan fingerprint density at radius 3 is 1.87 bits per heavy atom. The number of hydrogen-bond donors (Lipinski definition) is 0. The number of para-hydroxylation sites is 1. The molecule has 0 fully saturated rings. The van der Waals surface area contributed by atoms with Crippen LogP contribution in [0.15, 0.2) is 203 Å². The van der Waals surface area contributed by atoms with Crippen molar-refractivity contribution in [3.8, 4) is 33.7 Å². The van der Waals surface area contributed by atoms with E-state index in [9.17, 15) is 0 Å². The first-order chi connectivity index (χ1) is 27.2. The minimum Gasteiger partial charge on any atom is -0.454 e. The highest BCUT2D eigenvalue weighted by molar-refractivity contribution is 6.15. The lowest BCUT2D eigenvalue weighted by Gasteiger charge is -2.26. The Morgan fingerprint density at radius 1 is 0.382 bits per heavy atom. The van der Waals surface area contributed by atoms with Crippen LogP contribution in [0.1, 0.15) is 0 Å². The third-order valence-corrected chi connectivity index (χ3v) is 10.7. The highest BCUT2D eigenvalue weighted by atomic mass is 16.4. The van der Waals surface area contributed by atoms with Gasteiger partial charge in [0.05, 0.1) is 5.69 Å². The van der Waals surface area contributed by atoms with Gasteiger partial charge in [0, 0.05) is 33.8 Å². The summed E-state index contributed by atoms with van der Waals surface area (Å²) in [4.78, 5) is 7.13. The smallest absolute Gasteiger partial charge is 0.227 e. The van der Waals surface area contributed by atoms with Gasteiger partial charge in [0.15, 0.2) is 11.2 Å². The van der Waals surface area contributed by atoms with Gasteiger partial charge in [-0.3, -0.25) is 0 Å². The molecule has 0 aliphatic rings. The second kappa shape index (κ2) is 12.6. The molecule has 0 bridgehead atoms. The fourth-order valence-electron chi connectivity index (χ4n) is 8.05. The van der Waals surface area contributed by atoms with Crippen LogP contribution in [0.25, 0.3) is 88.3 Å². The molecule has 258 valence electrons. The minimum absolute atomic E-state index is 0.595. The van der Waals surface area contributed by atoms with E-state index < -0.39 is 0 Å². The summed E-state index contributed by atoms with van der Waals surface area (Å²) in [5.41, 5.74) is 11.7. The van der Waals surface area contributed by atoms with Crippen molar-refractivity contribution in [1.29, 1.82) is 0 Å². The van der Waals surface area contributed by atoms with Crippen LogP contribution in [-0.4, -0.2) is 4.98 Å². The molecule has 4 heteroatoms. The van der Waals surface area contributed by atoms with Crippen molar-refractivity contribution in [2.24, 2.45) is 0 Å². The fraction of sp³-hybridized carbons (Fsp3) is 0. The largest absolute Gasteiger partial charge is 0.454 e. The Kier molecular flexibility index (Phi) is 7.14. The van der Waals surface area contributed by atoms with E-state index in [0.29, 0.717) is 5.89 Å². The number of aromatic nitrogens is 1.